The van der Waals surface area contributed by atoms with Gasteiger partial charge in [-0.05, 0) is 39.8 Å². The second-order valence-corrected chi connectivity index (χ2v) is 5.12. The third-order valence-corrected chi connectivity index (χ3v) is 3.99. The van der Waals surface area contributed by atoms with E-state index in [2.05, 4.69) is 36.2 Å². The van der Waals surface area contributed by atoms with E-state index in [1.807, 2.05) is 0 Å². The summed E-state index contributed by atoms with van der Waals surface area (Å²) in [4.78, 5) is 22.5. The predicted octanol–water partition coefficient (Wildman–Crippen LogP) is 2.74. The zero-order valence-corrected chi connectivity index (χ0v) is 12.1. The van der Waals surface area contributed by atoms with Crippen molar-refractivity contribution in [2.45, 2.75) is 10.1 Å². The lowest BCUT2D eigenvalue weighted by Gasteiger charge is -2.04. The molecule has 2 aromatic rings. The molecule has 1 N–H and O–H groups in total. The van der Waals surface area contributed by atoms with Crippen LogP contribution in [-0.2, 0) is 0 Å². The number of nitrogens with zero attached hydrogens (tertiary/aromatic N) is 4. The van der Waals surface area contributed by atoms with Crippen molar-refractivity contribution in [2.24, 2.45) is 0 Å². The van der Waals surface area contributed by atoms with E-state index in [1.54, 1.807) is 25.4 Å². The molecule has 0 bridgehead atoms. The predicted molar refractivity (Wildman–Crippen MR) is 74.3 cm³/mol. The maximum absolute atomic E-state index is 11.0. The van der Waals surface area contributed by atoms with Crippen LogP contribution in [0.4, 0.5) is 11.6 Å². The van der Waals surface area contributed by atoms with E-state index < -0.39 is 4.92 Å². The van der Waals surface area contributed by atoms with Gasteiger partial charge in [0.1, 0.15) is 11.2 Å². The van der Waals surface area contributed by atoms with Crippen molar-refractivity contribution in [2.75, 3.05) is 12.4 Å². The van der Waals surface area contributed by atoms with Crippen molar-refractivity contribution in [1.29, 1.82) is 0 Å². The molecule has 0 aliphatic rings. The molecule has 0 amide bonds. The number of halogens is 1. The third kappa shape index (κ3) is 3.18. The Labute approximate surface area is 121 Å². The van der Waals surface area contributed by atoms with E-state index in [4.69, 9.17) is 0 Å². The highest BCUT2D eigenvalue weighted by molar-refractivity contribution is 9.10. The molecule has 0 aliphatic carbocycles. The molecular weight excluding hydrogens is 334 g/mol. The highest BCUT2D eigenvalue weighted by Gasteiger charge is 2.19. The Balaban J connectivity index is 2.43. The Hall–Kier alpha value is -1.74. The monoisotopic (exact) mass is 341 g/mol. The van der Waals surface area contributed by atoms with Crippen LogP contribution in [-0.4, -0.2) is 26.9 Å². The summed E-state index contributed by atoms with van der Waals surface area (Å²) in [6, 6.07) is 3.57. The first-order chi connectivity index (χ1) is 9.11. The Bertz CT molecular complexity index is 625. The average Bonchev–Trinajstić information content (AvgIpc) is 2.41. The van der Waals surface area contributed by atoms with Crippen LogP contribution in [0.15, 0.2) is 39.1 Å². The molecule has 0 atom stereocenters. The van der Waals surface area contributed by atoms with Crippen LogP contribution in [0.2, 0.25) is 0 Å². The smallest absolute Gasteiger partial charge is 0.320 e. The molecule has 0 aromatic carbocycles. The standard InChI is InChI=1S/C10H8BrN5O2S/c1-12-10-14-5-7(16(17)18)9(15-10)19-8-6(11)3-2-4-13-8/h2-5H,1H3,(H,12,14,15). The maximum Gasteiger partial charge on any atom is 0.320 e. The fraction of sp³-hybridized carbons (Fsp3) is 0.100. The van der Waals surface area contributed by atoms with E-state index >= 15 is 0 Å². The summed E-state index contributed by atoms with van der Waals surface area (Å²) < 4.78 is 0.749. The Morgan fingerprint density at radius 3 is 2.84 bits per heavy atom. The number of rotatable bonds is 4. The molecule has 0 spiro atoms. The van der Waals surface area contributed by atoms with Crippen LogP contribution < -0.4 is 5.32 Å². The number of aromatic nitrogens is 3. The zero-order valence-electron chi connectivity index (χ0n) is 9.70. The molecule has 0 fully saturated rings. The molecular formula is C10H8BrN5O2S. The summed E-state index contributed by atoms with van der Waals surface area (Å²) in [5.74, 6) is 0.320. The molecule has 2 heterocycles. The first kappa shape index (κ1) is 13.7. The summed E-state index contributed by atoms with van der Waals surface area (Å²) in [6.07, 6.45) is 2.79. The van der Waals surface area contributed by atoms with Crippen molar-refractivity contribution in [1.82, 2.24) is 15.0 Å². The van der Waals surface area contributed by atoms with Gasteiger partial charge in [-0.25, -0.2) is 9.97 Å². The summed E-state index contributed by atoms with van der Waals surface area (Å²) in [5.41, 5.74) is -0.151. The van der Waals surface area contributed by atoms with Crippen LogP contribution in [0, 0.1) is 10.1 Å². The molecule has 2 aromatic heterocycles. The molecule has 2 rings (SSSR count). The van der Waals surface area contributed by atoms with Gasteiger partial charge in [0.2, 0.25) is 5.95 Å². The minimum Gasteiger partial charge on any atom is -0.357 e. The van der Waals surface area contributed by atoms with Gasteiger partial charge in [0.15, 0.2) is 5.03 Å². The minimum absolute atomic E-state index is 0.151. The summed E-state index contributed by atoms with van der Waals surface area (Å²) in [7, 11) is 1.65. The highest BCUT2D eigenvalue weighted by atomic mass is 79.9. The molecule has 9 heteroatoms. The van der Waals surface area contributed by atoms with Crippen molar-refractivity contribution in [3.8, 4) is 0 Å². The Morgan fingerprint density at radius 1 is 1.42 bits per heavy atom. The van der Waals surface area contributed by atoms with E-state index in [0.717, 1.165) is 16.2 Å². The molecule has 0 aliphatic heterocycles. The van der Waals surface area contributed by atoms with Crippen molar-refractivity contribution < 1.29 is 4.92 Å². The van der Waals surface area contributed by atoms with Crippen molar-refractivity contribution >= 4 is 39.3 Å². The lowest BCUT2D eigenvalue weighted by molar-refractivity contribution is -0.388. The number of hydrogen-bond donors (Lipinski definition) is 1. The fourth-order valence-electron chi connectivity index (χ4n) is 1.22. The highest BCUT2D eigenvalue weighted by Crippen LogP contribution is 2.35. The molecule has 0 unspecified atom stereocenters. The van der Waals surface area contributed by atoms with Gasteiger partial charge >= 0.3 is 5.69 Å². The maximum atomic E-state index is 11.0. The van der Waals surface area contributed by atoms with Gasteiger partial charge in [-0.2, -0.15) is 4.98 Å². The zero-order chi connectivity index (χ0) is 13.8. The van der Waals surface area contributed by atoms with Crippen LogP contribution >= 0.6 is 27.7 Å². The summed E-state index contributed by atoms with van der Waals surface area (Å²) in [5, 5.41) is 14.5. The lowest BCUT2D eigenvalue weighted by atomic mass is 10.5. The lowest BCUT2D eigenvalue weighted by Crippen LogP contribution is -2.01. The number of nitrogens with one attached hydrogen (secondary N) is 1. The molecule has 7 nitrogen and oxygen atoms in total. The van der Waals surface area contributed by atoms with Crippen molar-refractivity contribution in [3.05, 3.63) is 39.1 Å². The Kier molecular flexibility index (Phi) is 4.27. The molecule has 0 radical (unpaired) electrons. The molecule has 0 saturated heterocycles. The van der Waals surface area contributed by atoms with Crippen LogP contribution in [0.1, 0.15) is 0 Å². The number of pyridine rings is 1. The number of hydrogen-bond acceptors (Lipinski definition) is 7. The normalized spacial score (nSPS) is 10.2. The van der Waals surface area contributed by atoms with Crippen LogP contribution in [0.25, 0.3) is 0 Å². The van der Waals surface area contributed by atoms with Gasteiger partial charge in [0.05, 0.1) is 9.40 Å². The summed E-state index contributed by atoms with van der Waals surface area (Å²) in [6.45, 7) is 0. The van der Waals surface area contributed by atoms with E-state index in [1.165, 1.54) is 6.20 Å². The topological polar surface area (TPSA) is 93.8 Å². The van der Waals surface area contributed by atoms with Gasteiger partial charge in [0.25, 0.3) is 0 Å². The van der Waals surface area contributed by atoms with Gasteiger partial charge in [0, 0.05) is 13.2 Å². The van der Waals surface area contributed by atoms with E-state index in [0.29, 0.717) is 11.0 Å². The molecule has 0 saturated carbocycles. The average molecular weight is 342 g/mol. The van der Waals surface area contributed by atoms with Gasteiger partial charge in [-0.15, -0.1) is 0 Å². The van der Waals surface area contributed by atoms with Gasteiger partial charge < -0.3 is 5.32 Å². The van der Waals surface area contributed by atoms with Crippen LogP contribution in [0.3, 0.4) is 0 Å². The van der Waals surface area contributed by atoms with Gasteiger partial charge in [-0.3, -0.25) is 10.1 Å². The number of anilines is 1. The second kappa shape index (κ2) is 5.93. The Morgan fingerprint density at radius 2 is 2.21 bits per heavy atom. The third-order valence-electron chi connectivity index (χ3n) is 2.07. The summed E-state index contributed by atoms with van der Waals surface area (Å²) >= 11 is 4.45. The number of nitro groups is 1. The van der Waals surface area contributed by atoms with Gasteiger partial charge in [-0.1, -0.05) is 0 Å². The van der Waals surface area contributed by atoms with Crippen molar-refractivity contribution in [3.63, 3.8) is 0 Å². The first-order valence-electron chi connectivity index (χ1n) is 5.09. The molecule has 98 valence electrons. The van der Waals surface area contributed by atoms with E-state index in [-0.39, 0.29) is 10.7 Å². The minimum atomic E-state index is -0.515. The quantitative estimate of drug-likeness (QED) is 0.519. The largest absolute Gasteiger partial charge is 0.357 e. The first-order valence-corrected chi connectivity index (χ1v) is 6.70. The second-order valence-electron chi connectivity index (χ2n) is 3.28. The van der Waals surface area contributed by atoms with Crippen LogP contribution in [0.5, 0.6) is 0 Å². The molecule has 19 heavy (non-hydrogen) atoms. The fourth-order valence-corrected chi connectivity index (χ4v) is 2.54. The van der Waals surface area contributed by atoms with E-state index in [9.17, 15) is 10.1 Å². The SMILES string of the molecule is CNc1ncc([N+](=O)[O-])c(Sc2ncccc2Br)n1.